The van der Waals surface area contributed by atoms with Crippen LogP contribution in [0.15, 0.2) is 0 Å². The van der Waals surface area contributed by atoms with Crippen LogP contribution in [-0.4, -0.2) is 24.5 Å². The smallest absolute Gasteiger partial charge is 0.348 e. The highest BCUT2D eigenvalue weighted by molar-refractivity contribution is 7.18. The first kappa shape index (κ1) is 21.8. The van der Waals surface area contributed by atoms with Crippen molar-refractivity contribution in [3.8, 4) is 6.07 Å². The highest BCUT2D eigenvalue weighted by atomic mass is 32.1. The molecule has 0 atom stereocenters. The number of amides is 1. The second-order valence-corrected chi connectivity index (χ2v) is 8.81. The van der Waals surface area contributed by atoms with Gasteiger partial charge in [0.25, 0.3) is 0 Å². The van der Waals surface area contributed by atoms with Crippen LogP contribution in [0.5, 0.6) is 0 Å². The summed E-state index contributed by atoms with van der Waals surface area (Å²) < 4.78 is 10.5. The van der Waals surface area contributed by atoms with E-state index in [1.165, 1.54) is 18.3 Å². The van der Waals surface area contributed by atoms with Gasteiger partial charge in [-0.25, -0.2) is 9.59 Å². The van der Waals surface area contributed by atoms with E-state index in [1.54, 1.807) is 6.92 Å². The number of ether oxygens (including phenoxy) is 2. The molecule has 0 saturated carbocycles. The quantitative estimate of drug-likeness (QED) is 0.646. The van der Waals surface area contributed by atoms with E-state index in [0.29, 0.717) is 10.6 Å². The third-order valence-electron chi connectivity index (χ3n) is 4.62. The topological polar surface area (TPSA) is 132 Å². The molecular formula is C20H21N3O5S2. The van der Waals surface area contributed by atoms with Gasteiger partial charge in [0.1, 0.15) is 27.6 Å². The summed E-state index contributed by atoms with van der Waals surface area (Å²) >= 11 is 2.32. The Bertz CT molecular complexity index is 1050. The average Bonchev–Trinajstić information content (AvgIpc) is 3.22. The Morgan fingerprint density at radius 2 is 1.90 bits per heavy atom. The molecule has 0 spiro atoms. The van der Waals surface area contributed by atoms with Crippen molar-refractivity contribution < 1.29 is 23.9 Å². The molecule has 0 bridgehead atoms. The van der Waals surface area contributed by atoms with Gasteiger partial charge in [-0.1, -0.05) is 0 Å². The molecule has 0 radical (unpaired) electrons. The van der Waals surface area contributed by atoms with Crippen LogP contribution in [0, 0.1) is 11.3 Å². The fraction of sp³-hybridized carbons (Fsp3) is 0.400. The molecule has 0 unspecified atom stereocenters. The van der Waals surface area contributed by atoms with E-state index >= 15 is 0 Å². The fourth-order valence-corrected chi connectivity index (χ4v) is 5.59. The Morgan fingerprint density at radius 1 is 1.17 bits per heavy atom. The minimum Gasteiger partial charge on any atom is -0.462 e. The number of nitriles is 1. The van der Waals surface area contributed by atoms with Gasteiger partial charge in [-0.3, -0.25) is 4.79 Å². The molecule has 0 fully saturated rings. The van der Waals surface area contributed by atoms with Crippen molar-refractivity contribution in [1.82, 2.24) is 0 Å². The highest BCUT2D eigenvalue weighted by Crippen LogP contribution is 2.39. The number of rotatable bonds is 6. The number of carbonyl (C=O) groups excluding carboxylic acids is 3. The maximum Gasteiger partial charge on any atom is 0.348 e. The van der Waals surface area contributed by atoms with Crippen molar-refractivity contribution in [3.05, 3.63) is 32.0 Å². The Balaban J connectivity index is 1.90. The molecule has 1 aliphatic rings. The molecule has 2 aromatic heterocycles. The van der Waals surface area contributed by atoms with Crippen LogP contribution in [0.3, 0.4) is 0 Å². The van der Waals surface area contributed by atoms with Crippen LogP contribution in [0.2, 0.25) is 0 Å². The molecule has 158 valence electrons. The average molecular weight is 448 g/mol. The SMILES string of the molecule is CCOC(=O)c1sc(N)c(C#N)c1COC(=O)c1c(NC(C)=O)sc2c1CCCC2. The maximum atomic E-state index is 13.0. The molecular weight excluding hydrogens is 426 g/mol. The Morgan fingerprint density at radius 3 is 2.57 bits per heavy atom. The van der Waals surface area contributed by atoms with E-state index < -0.39 is 11.9 Å². The van der Waals surface area contributed by atoms with Crippen molar-refractivity contribution in [1.29, 1.82) is 5.26 Å². The first-order valence-electron chi connectivity index (χ1n) is 9.44. The zero-order valence-corrected chi connectivity index (χ0v) is 18.3. The summed E-state index contributed by atoms with van der Waals surface area (Å²) in [6, 6.07) is 1.96. The molecule has 1 aliphatic carbocycles. The number of nitrogen functional groups attached to an aromatic ring is 1. The maximum absolute atomic E-state index is 13.0. The minimum atomic E-state index is -0.617. The lowest BCUT2D eigenvalue weighted by molar-refractivity contribution is -0.114. The molecule has 0 aliphatic heterocycles. The van der Waals surface area contributed by atoms with E-state index in [2.05, 4.69) is 5.32 Å². The summed E-state index contributed by atoms with van der Waals surface area (Å²) in [6.07, 6.45) is 3.57. The van der Waals surface area contributed by atoms with Crippen molar-refractivity contribution in [2.24, 2.45) is 0 Å². The van der Waals surface area contributed by atoms with Crippen LogP contribution in [0.1, 0.15) is 68.3 Å². The lowest BCUT2D eigenvalue weighted by atomic mass is 9.95. The van der Waals surface area contributed by atoms with Crippen molar-refractivity contribution in [2.45, 2.75) is 46.1 Å². The van der Waals surface area contributed by atoms with Crippen LogP contribution in [0.4, 0.5) is 10.0 Å². The number of anilines is 2. The fourth-order valence-electron chi connectivity index (χ4n) is 3.35. The number of fused-ring (bicyclic) bond motifs is 1. The molecule has 2 aromatic rings. The van der Waals surface area contributed by atoms with Gasteiger partial charge in [-0.2, -0.15) is 5.26 Å². The molecule has 0 saturated heterocycles. The summed E-state index contributed by atoms with van der Waals surface area (Å²) in [5.74, 6) is -1.50. The number of esters is 2. The van der Waals surface area contributed by atoms with Gasteiger partial charge in [0, 0.05) is 17.4 Å². The predicted molar refractivity (Wildman–Crippen MR) is 114 cm³/mol. The van der Waals surface area contributed by atoms with Crippen molar-refractivity contribution in [2.75, 3.05) is 17.7 Å². The summed E-state index contributed by atoms with van der Waals surface area (Å²) in [6.45, 7) is 2.92. The molecule has 0 aromatic carbocycles. The van der Waals surface area contributed by atoms with E-state index in [-0.39, 0.29) is 40.1 Å². The minimum absolute atomic E-state index is 0.102. The number of nitrogens with one attached hydrogen (secondary N) is 1. The largest absolute Gasteiger partial charge is 0.462 e. The number of carbonyl (C=O) groups is 3. The van der Waals surface area contributed by atoms with E-state index in [0.717, 1.165) is 47.5 Å². The van der Waals surface area contributed by atoms with E-state index in [4.69, 9.17) is 15.2 Å². The van der Waals surface area contributed by atoms with Crippen LogP contribution in [0.25, 0.3) is 0 Å². The summed E-state index contributed by atoms with van der Waals surface area (Å²) in [5, 5.41) is 12.8. The highest BCUT2D eigenvalue weighted by Gasteiger charge is 2.29. The first-order chi connectivity index (χ1) is 14.4. The Kier molecular flexibility index (Phi) is 6.74. The molecule has 3 N–H and O–H groups in total. The van der Waals surface area contributed by atoms with E-state index in [1.807, 2.05) is 6.07 Å². The predicted octanol–water partition coefficient (Wildman–Crippen LogP) is 3.63. The zero-order valence-electron chi connectivity index (χ0n) is 16.6. The van der Waals surface area contributed by atoms with Crippen molar-refractivity contribution >= 4 is 50.5 Å². The number of nitrogens with two attached hydrogens (primary N) is 1. The molecule has 3 rings (SSSR count). The van der Waals surface area contributed by atoms with Gasteiger partial charge in [0.2, 0.25) is 5.91 Å². The number of hydrogen-bond acceptors (Lipinski definition) is 9. The normalized spacial score (nSPS) is 12.6. The van der Waals surface area contributed by atoms with Crippen LogP contribution >= 0.6 is 22.7 Å². The molecule has 30 heavy (non-hydrogen) atoms. The standard InChI is InChI=1S/C20H21N3O5S2/c1-3-27-20(26)16-13(12(8-21)17(22)30-16)9-28-19(25)15-11-6-4-5-7-14(11)29-18(15)23-10(2)24/h3-7,9,22H2,1-2H3,(H,23,24). The number of aryl methyl sites for hydroxylation is 1. The monoisotopic (exact) mass is 447 g/mol. The van der Waals surface area contributed by atoms with Gasteiger partial charge < -0.3 is 20.5 Å². The molecule has 1 amide bonds. The Labute approximate surface area is 181 Å². The van der Waals surface area contributed by atoms with Crippen molar-refractivity contribution in [3.63, 3.8) is 0 Å². The second-order valence-electron chi connectivity index (χ2n) is 6.65. The lowest BCUT2D eigenvalue weighted by Gasteiger charge is -2.13. The third-order valence-corrected chi connectivity index (χ3v) is 6.87. The number of thiophene rings is 2. The van der Waals surface area contributed by atoms with E-state index in [9.17, 15) is 19.6 Å². The molecule has 2 heterocycles. The van der Waals surface area contributed by atoms with Gasteiger partial charge in [0.15, 0.2) is 0 Å². The zero-order chi connectivity index (χ0) is 21.8. The summed E-state index contributed by atoms with van der Waals surface area (Å²) in [7, 11) is 0. The summed E-state index contributed by atoms with van der Waals surface area (Å²) in [5.41, 5.74) is 7.45. The number of hydrogen-bond donors (Lipinski definition) is 2. The molecule has 8 nitrogen and oxygen atoms in total. The lowest BCUT2D eigenvalue weighted by Crippen LogP contribution is -2.14. The van der Waals surface area contributed by atoms with Crippen LogP contribution < -0.4 is 11.1 Å². The van der Waals surface area contributed by atoms with Gasteiger partial charge >= 0.3 is 11.9 Å². The molecule has 10 heteroatoms. The first-order valence-corrected chi connectivity index (χ1v) is 11.1. The van der Waals surface area contributed by atoms with Gasteiger partial charge in [-0.15, -0.1) is 22.7 Å². The summed E-state index contributed by atoms with van der Waals surface area (Å²) in [4.78, 5) is 38.0. The Hall–Kier alpha value is -2.90. The van der Waals surface area contributed by atoms with Gasteiger partial charge in [0.05, 0.1) is 17.7 Å². The second kappa shape index (κ2) is 9.28. The van der Waals surface area contributed by atoms with Gasteiger partial charge in [-0.05, 0) is 38.2 Å². The van der Waals surface area contributed by atoms with Crippen LogP contribution in [-0.2, 0) is 33.7 Å². The third kappa shape index (κ3) is 4.32. The number of nitrogens with zero attached hydrogens (tertiary/aromatic N) is 1.